The summed E-state index contributed by atoms with van der Waals surface area (Å²) in [6.07, 6.45) is 4.02. The second kappa shape index (κ2) is 8.70. The summed E-state index contributed by atoms with van der Waals surface area (Å²) < 4.78 is 0. The average Bonchev–Trinajstić information content (AvgIpc) is 2.69. The predicted molar refractivity (Wildman–Crippen MR) is 109 cm³/mol. The molecule has 1 aliphatic rings. The molecule has 0 amide bonds. The smallest absolute Gasteiger partial charge is 0.135 e. The topological polar surface area (TPSA) is 26.7 Å². The van der Waals surface area contributed by atoms with Crippen LogP contribution in [0.4, 0.5) is 5.69 Å². The molecule has 3 rings (SSSR count). The monoisotopic (exact) mass is 352 g/mol. The van der Waals surface area contributed by atoms with Crippen molar-refractivity contribution in [2.24, 2.45) is 0 Å². The summed E-state index contributed by atoms with van der Waals surface area (Å²) in [7, 11) is 0. The van der Waals surface area contributed by atoms with Gasteiger partial charge in [0.05, 0.1) is 0 Å². The lowest BCUT2D eigenvalue weighted by Crippen LogP contribution is -2.55. The van der Waals surface area contributed by atoms with Crippen LogP contribution in [0.3, 0.4) is 0 Å². The van der Waals surface area contributed by atoms with E-state index in [1.54, 1.807) is 0 Å². The number of rotatable bonds is 7. The third-order valence-electron chi connectivity index (χ3n) is 5.70. The van der Waals surface area contributed by atoms with E-state index in [4.69, 9.17) is 0 Å². The van der Waals surface area contributed by atoms with E-state index < -0.39 is 5.72 Å². The van der Waals surface area contributed by atoms with E-state index in [1.165, 1.54) is 5.56 Å². The molecule has 0 bridgehead atoms. The minimum absolute atomic E-state index is 0.389. The Hall–Kier alpha value is -1.84. The van der Waals surface area contributed by atoms with Crippen molar-refractivity contribution in [3.8, 4) is 0 Å². The molecule has 0 spiro atoms. The molecule has 1 N–H and O–H groups in total. The van der Waals surface area contributed by atoms with Crippen LogP contribution in [0.25, 0.3) is 0 Å². The van der Waals surface area contributed by atoms with E-state index >= 15 is 0 Å². The first kappa shape index (κ1) is 18.9. The standard InChI is InChI=1S/C23H32N2O/c1-3-23(2,26)25(21-12-8-5-9-13-21)22-15-18-24(19-16-22)17-14-20-10-6-4-7-11-20/h4-13,22,26H,3,14-19H2,1-2H3. The fourth-order valence-corrected chi connectivity index (χ4v) is 3.97. The summed E-state index contributed by atoms with van der Waals surface area (Å²) >= 11 is 0. The summed E-state index contributed by atoms with van der Waals surface area (Å²) in [5.74, 6) is 0. The maximum Gasteiger partial charge on any atom is 0.135 e. The maximum atomic E-state index is 11.0. The van der Waals surface area contributed by atoms with E-state index in [-0.39, 0.29) is 0 Å². The number of para-hydroxylation sites is 1. The zero-order valence-electron chi connectivity index (χ0n) is 16.1. The van der Waals surface area contributed by atoms with Gasteiger partial charge in [0, 0.05) is 31.4 Å². The van der Waals surface area contributed by atoms with Crippen LogP contribution in [0.15, 0.2) is 60.7 Å². The van der Waals surface area contributed by atoms with Crippen LogP contribution in [0, 0.1) is 0 Å². The first-order valence-corrected chi connectivity index (χ1v) is 9.93. The lowest BCUT2D eigenvalue weighted by Gasteiger charge is -2.47. The highest BCUT2D eigenvalue weighted by Gasteiger charge is 2.35. The van der Waals surface area contributed by atoms with E-state index in [2.05, 4.69) is 71.3 Å². The van der Waals surface area contributed by atoms with E-state index in [0.29, 0.717) is 6.04 Å². The van der Waals surface area contributed by atoms with Gasteiger partial charge in [-0.2, -0.15) is 0 Å². The molecule has 0 radical (unpaired) electrons. The molecule has 1 unspecified atom stereocenters. The van der Waals surface area contributed by atoms with Gasteiger partial charge in [-0.1, -0.05) is 55.5 Å². The molecule has 140 valence electrons. The Bertz CT molecular complexity index is 648. The van der Waals surface area contributed by atoms with Crippen molar-refractivity contribution in [2.75, 3.05) is 24.5 Å². The van der Waals surface area contributed by atoms with Crippen molar-refractivity contribution in [2.45, 2.75) is 51.3 Å². The van der Waals surface area contributed by atoms with Crippen molar-refractivity contribution in [3.05, 3.63) is 66.2 Å². The van der Waals surface area contributed by atoms with Gasteiger partial charge in [-0.25, -0.2) is 0 Å². The first-order valence-electron chi connectivity index (χ1n) is 9.93. The van der Waals surface area contributed by atoms with Crippen LogP contribution in [0.1, 0.15) is 38.7 Å². The normalized spacial score (nSPS) is 18.4. The second-order valence-corrected chi connectivity index (χ2v) is 7.58. The quantitative estimate of drug-likeness (QED) is 0.752. The molecule has 26 heavy (non-hydrogen) atoms. The highest BCUT2D eigenvalue weighted by molar-refractivity contribution is 5.49. The summed E-state index contributed by atoms with van der Waals surface area (Å²) in [5, 5.41) is 11.0. The van der Waals surface area contributed by atoms with Gasteiger partial charge in [0.15, 0.2) is 0 Å². The van der Waals surface area contributed by atoms with E-state index in [9.17, 15) is 5.11 Å². The van der Waals surface area contributed by atoms with Gasteiger partial charge < -0.3 is 14.9 Å². The molecule has 1 saturated heterocycles. The van der Waals surface area contributed by atoms with Crippen LogP contribution < -0.4 is 4.90 Å². The van der Waals surface area contributed by atoms with Crippen molar-refractivity contribution in [1.29, 1.82) is 0 Å². The molecular weight excluding hydrogens is 320 g/mol. The average molecular weight is 353 g/mol. The Kier molecular flexibility index (Phi) is 6.33. The van der Waals surface area contributed by atoms with Crippen molar-refractivity contribution >= 4 is 5.69 Å². The van der Waals surface area contributed by atoms with Crippen molar-refractivity contribution in [3.63, 3.8) is 0 Å². The molecule has 0 saturated carbocycles. The van der Waals surface area contributed by atoms with Crippen LogP contribution in [-0.2, 0) is 6.42 Å². The Morgan fingerprint density at radius 3 is 2.15 bits per heavy atom. The minimum Gasteiger partial charge on any atom is -0.371 e. The van der Waals surface area contributed by atoms with Gasteiger partial charge in [0.1, 0.15) is 5.72 Å². The third kappa shape index (κ3) is 4.66. The Morgan fingerprint density at radius 2 is 1.58 bits per heavy atom. The number of benzene rings is 2. The van der Waals surface area contributed by atoms with Crippen LogP contribution in [-0.4, -0.2) is 41.4 Å². The number of likely N-dealkylation sites (tertiary alicyclic amines) is 1. The summed E-state index contributed by atoms with van der Waals surface area (Å²) in [4.78, 5) is 4.81. The van der Waals surface area contributed by atoms with Gasteiger partial charge in [0.2, 0.25) is 0 Å². The van der Waals surface area contributed by atoms with E-state index in [0.717, 1.165) is 51.0 Å². The predicted octanol–water partition coefficient (Wildman–Crippen LogP) is 4.32. The molecule has 2 aromatic rings. The zero-order valence-corrected chi connectivity index (χ0v) is 16.1. The van der Waals surface area contributed by atoms with Gasteiger partial charge in [-0.3, -0.25) is 0 Å². The van der Waals surface area contributed by atoms with Crippen LogP contribution in [0.2, 0.25) is 0 Å². The van der Waals surface area contributed by atoms with Gasteiger partial charge in [-0.15, -0.1) is 0 Å². The molecular formula is C23H32N2O. The van der Waals surface area contributed by atoms with Gasteiger partial charge in [-0.05, 0) is 50.3 Å². The summed E-state index contributed by atoms with van der Waals surface area (Å²) in [5.41, 5.74) is 1.73. The fourth-order valence-electron chi connectivity index (χ4n) is 3.97. The zero-order chi connectivity index (χ0) is 18.4. The lowest BCUT2D eigenvalue weighted by atomic mass is 9.97. The highest BCUT2D eigenvalue weighted by Crippen LogP contribution is 2.31. The SMILES string of the molecule is CCC(C)(O)N(c1ccccc1)C1CCN(CCc2ccccc2)CC1. The maximum absolute atomic E-state index is 11.0. The van der Waals surface area contributed by atoms with Crippen LogP contribution >= 0.6 is 0 Å². The Morgan fingerprint density at radius 1 is 1.00 bits per heavy atom. The number of hydrogen-bond acceptors (Lipinski definition) is 3. The molecule has 1 heterocycles. The second-order valence-electron chi connectivity index (χ2n) is 7.58. The molecule has 0 aliphatic carbocycles. The first-order chi connectivity index (χ1) is 12.6. The molecule has 1 aliphatic heterocycles. The number of aliphatic hydroxyl groups is 1. The largest absolute Gasteiger partial charge is 0.371 e. The molecule has 0 aromatic heterocycles. The molecule has 1 atom stereocenters. The molecule has 2 aromatic carbocycles. The van der Waals surface area contributed by atoms with Gasteiger partial charge >= 0.3 is 0 Å². The van der Waals surface area contributed by atoms with Gasteiger partial charge in [0.25, 0.3) is 0 Å². The number of nitrogens with zero attached hydrogens (tertiary/aromatic N) is 2. The van der Waals surface area contributed by atoms with E-state index in [1.807, 2.05) is 13.0 Å². The minimum atomic E-state index is -0.807. The number of anilines is 1. The Balaban J connectivity index is 1.61. The highest BCUT2D eigenvalue weighted by atomic mass is 16.3. The summed E-state index contributed by atoms with van der Waals surface area (Å²) in [6, 6.07) is 21.5. The summed E-state index contributed by atoms with van der Waals surface area (Å²) in [6.45, 7) is 7.32. The lowest BCUT2D eigenvalue weighted by molar-refractivity contribution is 0.0347. The molecule has 3 nitrogen and oxygen atoms in total. The van der Waals surface area contributed by atoms with Crippen molar-refractivity contribution in [1.82, 2.24) is 4.90 Å². The van der Waals surface area contributed by atoms with Crippen molar-refractivity contribution < 1.29 is 5.11 Å². The number of piperidine rings is 1. The third-order valence-corrected chi connectivity index (χ3v) is 5.70. The number of hydrogen-bond donors (Lipinski definition) is 1. The molecule has 3 heteroatoms. The Labute approximate surface area is 158 Å². The molecule has 1 fully saturated rings. The fraction of sp³-hybridized carbons (Fsp3) is 0.478. The van der Waals surface area contributed by atoms with Crippen LogP contribution in [0.5, 0.6) is 0 Å².